The molecule has 0 spiro atoms. The van der Waals surface area contributed by atoms with E-state index >= 15 is 0 Å². The van der Waals surface area contributed by atoms with Crippen LogP contribution < -0.4 is 20.3 Å². The number of amides is 2. The van der Waals surface area contributed by atoms with Crippen molar-refractivity contribution in [2.75, 3.05) is 24.7 Å². The molecule has 0 radical (unpaired) electrons. The minimum absolute atomic E-state index is 0.000114. The summed E-state index contributed by atoms with van der Waals surface area (Å²) in [5, 5.41) is 0. The van der Waals surface area contributed by atoms with Crippen LogP contribution in [-0.4, -0.2) is 45.0 Å². The fourth-order valence-electron chi connectivity index (χ4n) is 2.22. The molecule has 8 nitrogen and oxygen atoms in total. The van der Waals surface area contributed by atoms with Crippen molar-refractivity contribution in [2.24, 2.45) is 5.92 Å². The van der Waals surface area contributed by atoms with Gasteiger partial charge in [-0.15, -0.1) is 0 Å². The van der Waals surface area contributed by atoms with Gasteiger partial charge >= 0.3 is 0 Å². The van der Waals surface area contributed by atoms with Gasteiger partial charge in [-0.2, -0.15) is 0 Å². The Labute approximate surface area is 140 Å². The molecule has 0 unspecified atom stereocenters. The van der Waals surface area contributed by atoms with Crippen LogP contribution in [0.5, 0.6) is 11.5 Å². The lowest BCUT2D eigenvalue weighted by atomic mass is 10.1. The van der Waals surface area contributed by atoms with Gasteiger partial charge < -0.3 is 9.47 Å². The number of hydrogen-bond donors (Lipinski definition) is 2. The van der Waals surface area contributed by atoms with E-state index in [4.69, 9.17) is 9.47 Å². The van der Waals surface area contributed by atoms with Crippen LogP contribution in [0.15, 0.2) is 24.3 Å². The SMILES string of the molecule is CCOc1ccc(OCC(=O)NNC(=O)[C@H]2CCS(=O)(=O)C2)cc1. The molecule has 1 atom stereocenters. The van der Waals surface area contributed by atoms with Gasteiger partial charge in [0.05, 0.1) is 24.0 Å². The molecule has 0 bridgehead atoms. The summed E-state index contributed by atoms with van der Waals surface area (Å²) in [7, 11) is -3.14. The highest BCUT2D eigenvalue weighted by Gasteiger charge is 2.33. The highest BCUT2D eigenvalue weighted by molar-refractivity contribution is 7.91. The Balaban J connectivity index is 1.70. The number of rotatable bonds is 6. The average molecular weight is 356 g/mol. The topological polar surface area (TPSA) is 111 Å². The molecule has 1 fully saturated rings. The van der Waals surface area contributed by atoms with Crippen LogP contribution in [-0.2, 0) is 19.4 Å². The van der Waals surface area contributed by atoms with Crippen molar-refractivity contribution in [3.63, 3.8) is 0 Å². The van der Waals surface area contributed by atoms with Crippen LogP contribution in [0.4, 0.5) is 0 Å². The van der Waals surface area contributed by atoms with Gasteiger partial charge in [-0.05, 0) is 37.6 Å². The van der Waals surface area contributed by atoms with E-state index in [9.17, 15) is 18.0 Å². The van der Waals surface area contributed by atoms with Crippen LogP contribution in [0.3, 0.4) is 0 Å². The number of benzene rings is 1. The molecular weight excluding hydrogens is 336 g/mol. The standard InChI is InChI=1S/C15H20N2O6S/c1-2-22-12-3-5-13(6-4-12)23-9-14(18)16-17-15(19)11-7-8-24(20,21)10-11/h3-6,11H,2,7-10H2,1H3,(H,16,18)(H,17,19)/t11-/m0/s1. The Kier molecular flexibility index (Phi) is 6.02. The zero-order valence-corrected chi connectivity index (χ0v) is 14.1. The van der Waals surface area contributed by atoms with Gasteiger partial charge in [0.25, 0.3) is 5.91 Å². The van der Waals surface area contributed by atoms with E-state index in [-0.39, 0.29) is 24.5 Å². The normalized spacial score (nSPS) is 18.6. The number of carbonyl (C=O) groups is 2. The van der Waals surface area contributed by atoms with Crippen LogP contribution in [0.1, 0.15) is 13.3 Å². The second kappa shape index (κ2) is 8.00. The minimum Gasteiger partial charge on any atom is -0.494 e. The van der Waals surface area contributed by atoms with Gasteiger partial charge in [-0.25, -0.2) is 8.42 Å². The molecule has 9 heteroatoms. The van der Waals surface area contributed by atoms with Crippen LogP contribution >= 0.6 is 0 Å². The quantitative estimate of drug-likeness (QED) is 0.697. The fraction of sp³-hybridized carbons (Fsp3) is 0.467. The third-order valence-electron chi connectivity index (χ3n) is 3.43. The van der Waals surface area contributed by atoms with E-state index in [1.807, 2.05) is 6.92 Å². The predicted octanol–water partition coefficient (Wildman–Crippen LogP) is 0.0462. The number of nitrogens with one attached hydrogen (secondary N) is 2. The van der Waals surface area contributed by atoms with Crippen molar-refractivity contribution in [3.05, 3.63) is 24.3 Å². The van der Waals surface area contributed by atoms with Gasteiger partial charge in [0.1, 0.15) is 11.5 Å². The second-order valence-electron chi connectivity index (χ2n) is 5.33. The molecular formula is C15H20N2O6S. The largest absolute Gasteiger partial charge is 0.494 e. The fourth-order valence-corrected chi connectivity index (χ4v) is 3.96. The summed E-state index contributed by atoms with van der Waals surface area (Å²) in [6.07, 6.45) is 0.271. The Bertz CT molecular complexity index is 686. The van der Waals surface area contributed by atoms with Crippen molar-refractivity contribution in [1.82, 2.24) is 10.9 Å². The highest BCUT2D eigenvalue weighted by atomic mass is 32.2. The summed E-state index contributed by atoms with van der Waals surface area (Å²) in [4.78, 5) is 23.4. The predicted molar refractivity (Wildman–Crippen MR) is 86.2 cm³/mol. The van der Waals surface area contributed by atoms with Crippen molar-refractivity contribution in [1.29, 1.82) is 0 Å². The van der Waals surface area contributed by atoms with Crippen molar-refractivity contribution >= 4 is 21.7 Å². The van der Waals surface area contributed by atoms with E-state index in [0.29, 0.717) is 18.1 Å². The van der Waals surface area contributed by atoms with Gasteiger partial charge in [-0.1, -0.05) is 0 Å². The lowest BCUT2D eigenvalue weighted by Crippen LogP contribution is -2.46. The molecule has 2 amide bonds. The molecule has 0 aromatic heterocycles. The third-order valence-corrected chi connectivity index (χ3v) is 5.20. The molecule has 2 rings (SSSR count). The Morgan fingerprint density at radius 3 is 2.29 bits per heavy atom. The molecule has 0 saturated carbocycles. The highest BCUT2D eigenvalue weighted by Crippen LogP contribution is 2.18. The number of sulfone groups is 1. The Hall–Kier alpha value is -2.29. The number of carbonyl (C=O) groups excluding carboxylic acids is 2. The van der Waals surface area contributed by atoms with Crippen LogP contribution in [0, 0.1) is 5.92 Å². The van der Waals surface area contributed by atoms with Gasteiger partial charge in [0.15, 0.2) is 16.4 Å². The summed E-state index contributed by atoms with van der Waals surface area (Å²) >= 11 is 0. The molecule has 24 heavy (non-hydrogen) atoms. The monoisotopic (exact) mass is 356 g/mol. The minimum atomic E-state index is -3.14. The summed E-state index contributed by atoms with van der Waals surface area (Å²) in [5.74, 6) is -0.669. The van der Waals surface area contributed by atoms with Crippen LogP contribution in [0.2, 0.25) is 0 Å². The maximum atomic E-state index is 11.8. The zero-order chi connectivity index (χ0) is 17.6. The summed E-state index contributed by atoms with van der Waals surface area (Å²) < 4.78 is 33.2. The molecule has 1 aromatic rings. The lowest BCUT2D eigenvalue weighted by molar-refractivity contribution is -0.131. The van der Waals surface area contributed by atoms with Crippen molar-refractivity contribution in [3.8, 4) is 11.5 Å². The van der Waals surface area contributed by atoms with Crippen molar-refractivity contribution < 1.29 is 27.5 Å². The molecule has 1 aromatic carbocycles. The Morgan fingerprint density at radius 2 is 1.75 bits per heavy atom. The summed E-state index contributed by atoms with van der Waals surface area (Å²) in [6, 6.07) is 6.78. The number of ether oxygens (including phenoxy) is 2. The van der Waals surface area contributed by atoms with E-state index in [0.717, 1.165) is 0 Å². The molecule has 0 aliphatic carbocycles. The smallest absolute Gasteiger partial charge is 0.276 e. The second-order valence-corrected chi connectivity index (χ2v) is 7.56. The zero-order valence-electron chi connectivity index (χ0n) is 13.3. The Morgan fingerprint density at radius 1 is 1.12 bits per heavy atom. The maximum Gasteiger partial charge on any atom is 0.276 e. The van der Waals surface area contributed by atoms with E-state index in [2.05, 4.69) is 10.9 Å². The van der Waals surface area contributed by atoms with E-state index < -0.39 is 27.6 Å². The molecule has 1 heterocycles. The lowest BCUT2D eigenvalue weighted by Gasteiger charge is -2.11. The first-order chi connectivity index (χ1) is 11.4. The molecule has 132 valence electrons. The molecule has 2 N–H and O–H groups in total. The van der Waals surface area contributed by atoms with Crippen molar-refractivity contribution in [2.45, 2.75) is 13.3 Å². The maximum absolute atomic E-state index is 11.8. The van der Waals surface area contributed by atoms with Gasteiger partial charge in [0.2, 0.25) is 5.91 Å². The van der Waals surface area contributed by atoms with Gasteiger partial charge in [-0.3, -0.25) is 20.4 Å². The molecule has 1 saturated heterocycles. The summed E-state index contributed by atoms with van der Waals surface area (Å²) in [6.45, 7) is 2.16. The third kappa shape index (κ3) is 5.41. The number of hydrazine groups is 1. The summed E-state index contributed by atoms with van der Waals surface area (Å²) in [5.41, 5.74) is 4.43. The average Bonchev–Trinajstić information content (AvgIpc) is 2.92. The molecule has 1 aliphatic rings. The van der Waals surface area contributed by atoms with Crippen LogP contribution in [0.25, 0.3) is 0 Å². The first kappa shape index (κ1) is 18.1. The van der Waals surface area contributed by atoms with E-state index in [1.165, 1.54) is 0 Å². The first-order valence-electron chi connectivity index (χ1n) is 7.54. The first-order valence-corrected chi connectivity index (χ1v) is 9.36. The number of hydrogen-bond acceptors (Lipinski definition) is 6. The molecule has 1 aliphatic heterocycles. The van der Waals surface area contributed by atoms with Gasteiger partial charge in [0, 0.05) is 0 Å². The van der Waals surface area contributed by atoms with E-state index in [1.54, 1.807) is 24.3 Å².